The highest BCUT2D eigenvalue weighted by atomic mass is 35.5. The maximum atomic E-state index is 13.6. The molecule has 1 atom stereocenters. The van der Waals surface area contributed by atoms with Crippen LogP contribution in [0.4, 0.5) is 11.4 Å². The number of amides is 5. The number of piperidine rings is 3. The summed E-state index contributed by atoms with van der Waals surface area (Å²) in [7, 11) is 0. The highest BCUT2D eigenvalue weighted by Crippen LogP contribution is 2.43. The molecule has 6 aliphatic rings. The van der Waals surface area contributed by atoms with Crippen LogP contribution in [-0.4, -0.2) is 109 Å². The van der Waals surface area contributed by atoms with Gasteiger partial charge in [-0.15, -0.1) is 0 Å². The van der Waals surface area contributed by atoms with Crippen LogP contribution in [0.15, 0.2) is 54.6 Å². The molecule has 3 aromatic rings. The molecule has 0 saturated carbocycles. The van der Waals surface area contributed by atoms with Gasteiger partial charge in [0.1, 0.15) is 12.1 Å². The van der Waals surface area contributed by atoms with E-state index < -0.39 is 23.8 Å². The Morgan fingerprint density at radius 3 is 2.00 bits per heavy atom. The average molecular weight is 816 g/mol. The summed E-state index contributed by atoms with van der Waals surface area (Å²) in [6, 6.07) is 18.8. The van der Waals surface area contributed by atoms with Gasteiger partial charge in [0.2, 0.25) is 11.8 Å². The Morgan fingerprint density at radius 1 is 0.763 bits per heavy atom. The minimum absolute atomic E-state index is 0.102. The van der Waals surface area contributed by atoms with Crippen molar-refractivity contribution in [3.63, 3.8) is 0 Å². The third-order valence-corrected chi connectivity index (χ3v) is 14.4. The number of nitriles is 1. The summed E-state index contributed by atoms with van der Waals surface area (Å²) in [5.74, 6) is -1.22. The molecule has 3 aromatic carbocycles. The number of halogens is 1. The first-order chi connectivity index (χ1) is 28.6. The summed E-state index contributed by atoms with van der Waals surface area (Å²) in [5.41, 5.74) is 6.66. The zero-order valence-electron chi connectivity index (χ0n) is 33.4. The minimum Gasteiger partial charge on any atom is -0.371 e. The number of hydrogen-bond acceptors (Lipinski definition) is 9. The van der Waals surface area contributed by atoms with Gasteiger partial charge in [-0.3, -0.25) is 34.2 Å². The summed E-state index contributed by atoms with van der Waals surface area (Å²) >= 11 is 6.34. The van der Waals surface area contributed by atoms with Crippen LogP contribution in [0.3, 0.4) is 0 Å². The first kappa shape index (κ1) is 39.2. The van der Waals surface area contributed by atoms with Gasteiger partial charge in [-0.05, 0) is 141 Å². The van der Waals surface area contributed by atoms with E-state index in [0.717, 1.165) is 138 Å². The van der Waals surface area contributed by atoms with E-state index in [4.69, 9.17) is 11.6 Å². The Kier molecular flexibility index (Phi) is 10.7. The molecule has 9 rings (SSSR count). The second-order valence-electron chi connectivity index (χ2n) is 17.5. The van der Waals surface area contributed by atoms with Crippen LogP contribution in [0.1, 0.15) is 99.1 Å². The van der Waals surface area contributed by atoms with Gasteiger partial charge in [0.05, 0.1) is 21.7 Å². The molecule has 1 N–H and O–H groups in total. The Hall–Kier alpha value is -5.25. The Morgan fingerprint density at radius 2 is 1.39 bits per heavy atom. The van der Waals surface area contributed by atoms with E-state index in [1.807, 2.05) is 47.4 Å². The monoisotopic (exact) mass is 815 g/mol. The number of imide groups is 2. The molecule has 1 spiro atoms. The van der Waals surface area contributed by atoms with Gasteiger partial charge in [-0.1, -0.05) is 11.6 Å². The highest BCUT2D eigenvalue weighted by molar-refractivity contribution is 6.32. The maximum Gasteiger partial charge on any atom is 0.262 e. The van der Waals surface area contributed by atoms with Crippen LogP contribution in [0.5, 0.6) is 0 Å². The molecular weight excluding hydrogens is 766 g/mol. The number of benzene rings is 3. The lowest BCUT2D eigenvalue weighted by molar-refractivity contribution is -0.136. The van der Waals surface area contributed by atoms with Crippen molar-refractivity contribution < 1.29 is 24.0 Å². The summed E-state index contributed by atoms with van der Waals surface area (Å²) in [4.78, 5) is 74.8. The molecule has 12 nitrogen and oxygen atoms in total. The van der Waals surface area contributed by atoms with Crippen molar-refractivity contribution in [3.05, 3.63) is 93.0 Å². The van der Waals surface area contributed by atoms with Crippen LogP contribution in [0.2, 0.25) is 5.02 Å². The number of likely N-dealkylation sites (tertiary alicyclic amines) is 1. The summed E-state index contributed by atoms with van der Waals surface area (Å²) in [6.07, 6.45) is 8.26. The highest BCUT2D eigenvalue weighted by Gasteiger charge is 2.45. The lowest BCUT2D eigenvalue weighted by Gasteiger charge is -2.40. The van der Waals surface area contributed by atoms with E-state index in [1.165, 1.54) is 5.69 Å². The number of rotatable bonds is 7. The van der Waals surface area contributed by atoms with Crippen LogP contribution >= 0.6 is 11.6 Å². The largest absolute Gasteiger partial charge is 0.371 e. The SMILES string of the molecule is N#Cc1ccc(N2CCC3(CCN(c4ccc(C(=O)N5CCC(CCN6CCc7cc8c(cc7CC6)C(=O)N(C6CCC(=O)NC6=O)C8=O)CC5)cc4)CC3)C2)cc1Cl. The second kappa shape index (κ2) is 16.1. The van der Waals surface area contributed by atoms with Crippen molar-refractivity contribution >= 4 is 52.5 Å². The fourth-order valence-electron chi connectivity index (χ4n) is 10.3. The fraction of sp³-hybridized carbons (Fsp3) is 0.478. The van der Waals surface area contributed by atoms with E-state index in [1.54, 1.807) is 0 Å². The Balaban J connectivity index is 0.715. The minimum atomic E-state index is -0.957. The molecule has 6 aliphatic heterocycles. The van der Waals surface area contributed by atoms with Crippen LogP contribution in [0, 0.1) is 22.7 Å². The molecule has 5 amide bonds. The molecule has 306 valence electrons. The fourth-order valence-corrected chi connectivity index (χ4v) is 10.6. The van der Waals surface area contributed by atoms with E-state index in [0.29, 0.717) is 27.6 Å². The van der Waals surface area contributed by atoms with Crippen molar-refractivity contribution in [2.45, 2.75) is 70.3 Å². The maximum absolute atomic E-state index is 13.6. The number of carbonyl (C=O) groups excluding carboxylic acids is 5. The number of nitrogens with one attached hydrogen (secondary N) is 1. The normalized spacial score (nSPS) is 22.3. The van der Waals surface area contributed by atoms with E-state index in [2.05, 4.69) is 38.2 Å². The first-order valence-corrected chi connectivity index (χ1v) is 21.6. The summed E-state index contributed by atoms with van der Waals surface area (Å²) in [5, 5.41) is 12.0. The van der Waals surface area contributed by atoms with Crippen molar-refractivity contribution in [1.82, 2.24) is 20.0 Å². The molecular formula is C46H50ClN7O5. The smallest absolute Gasteiger partial charge is 0.262 e. The van der Waals surface area contributed by atoms with Gasteiger partial charge < -0.3 is 19.6 Å². The van der Waals surface area contributed by atoms with Gasteiger partial charge in [-0.2, -0.15) is 5.26 Å². The molecule has 1 unspecified atom stereocenters. The lowest BCUT2D eigenvalue weighted by Crippen LogP contribution is -2.54. The third kappa shape index (κ3) is 7.71. The number of anilines is 2. The predicted octanol–water partition coefficient (Wildman–Crippen LogP) is 5.45. The van der Waals surface area contributed by atoms with Gasteiger partial charge >= 0.3 is 0 Å². The van der Waals surface area contributed by atoms with Crippen molar-refractivity contribution in [3.8, 4) is 6.07 Å². The number of carbonyl (C=O) groups is 5. The standard InChI is InChI=1S/C46H50ClN7O5/c47-39-27-36(6-3-34(39)28-48)53-24-16-46(29-53)14-22-51(23-15-46)35-4-1-31(2-5-35)43(57)52-20-10-30(11-21-52)9-17-50-18-12-32-25-37-38(26-33(32)13-19-50)45(59)54(44(37)58)40-7-8-41(55)49-42(40)56/h1-6,25-27,30,40H,7-24,29H2,(H,49,55,56). The third-order valence-electron chi connectivity index (χ3n) is 14.1. The zero-order valence-corrected chi connectivity index (χ0v) is 34.1. The van der Waals surface area contributed by atoms with Gasteiger partial charge in [0, 0.05) is 75.7 Å². The van der Waals surface area contributed by atoms with Crippen LogP contribution in [-0.2, 0) is 22.4 Å². The molecule has 0 aliphatic carbocycles. The predicted molar refractivity (Wildman–Crippen MR) is 224 cm³/mol. The van der Waals surface area contributed by atoms with Crippen molar-refractivity contribution in [2.75, 3.05) is 68.7 Å². The number of nitrogens with zero attached hydrogens (tertiary/aromatic N) is 6. The average Bonchev–Trinajstić information content (AvgIpc) is 3.68. The molecule has 0 aromatic heterocycles. The number of hydrogen-bond donors (Lipinski definition) is 1. The van der Waals surface area contributed by atoms with E-state index in [-0.39, 0.29) is 30.1 Å². The zero-order chi connectivity index (χ0) is 40.8. The van der Waals surface area contributed by atoms with Gasteiger partial charge in [0.25, 0.3) is 17.7 Å². The number of fused-ring (bicyclic) bond motifs is 2. The Bertz CT molecular complexity index is 2190. The Labute approximate surface area is 350 Å². The summed E-state index contributed by atoms with van der Waals surface area (Å²) < 4.78 is 0. The van der Waals surface area contributed by atoms with E-state index >= 15 is 0 Å². The van der Waals surface area contributed by atoms with Crippen molar-refractivity contribution in [2.24, 2.45) is 11.3 Å². The molecule has 13 heteroatoms. The van der Waals surface area contributed by atoms with Crippen LogP contribution < -0.4 is 15.1 Å². The molecule has 6 heterocycles. The van der Waals surface area contributed by atoms with Crippen molar-refractivity contribution in [1.29, 1.82) is 5.26 Å². The molecule has 59 heavy (non-hydrogen) atoms. The first-order valence-electron chi connectivity index (χ1n) is 21.3. The van der Waals surface area contributed by atoms with Crippen LogP contribution in [0.25, 0.3) is 0 Å². The topological polar surface area (TPSA) is 137 Å². The second-order valence-corrected chi connectivity index (χ2v) is 17.9. The van der Waals surface area contributed by atoms with E-state index in [9.17, 15) is 29.2 Å². The molecule has 0 bridgehead atoms. The quantitative estimate of drug-likeness (QED) is 0.309. The lowest BCUT2D eigenvalue weighted by atomic mass is 9.77. The van der Waals surface area contributed by atoms with Gasteiger partial charge in [0.15, 0.2) is 0 Å². The molecule has 4 fully saturated rings. The van der Waals surface area contributed by atoms with Gasteiger partial charge in [-0.25, -0.2) is 0 Å². The molecule has 0 radical (unpaired) electrons. The molecule has 4 saturated heterocycles. The summed E-state index contributed by atoms with van der Waals surface area (Å²) in [6.45, 7) is 8.22.